The lowest BCUT2D eigenvalue weighted by Gasteiger charge is -2.24. The number of rotatable bonds is 2. The fraction of sp³-hybridized carbons (Fsp3) is 0.300. The molecular weight excluding hydrogens is 184 g/mol. The van der Waals surface area contributed by atoms with Crippen molar-refractivity contribution in [3.63, 3.8) is 0 Å². The summed E-state index contributed by atoms with van der Waals surface area (Å²) in [5.41, 5.74) is 2.10. The third-order valence-corrected chi connectivity index (χ3v) is 2.59. The molecule has 0 bridgehead atoms. The first kappa shape index (κ1) is 10.2. The van der Waals surface area contributed by atoms with Gasteiger partial charge in [0.15, 0.2) is 6.34 Å². The number of hydrogen-bond donors (Lipinski definition) is 1. The van der Waals surface area contributed by atoms with Gasteiger partial charge in [-0.15, -0.1) is 0 Å². The summed E-state index contributed by atoms with van der Waals surface area (Å²) in [6, 6.07) is 5.77. The molecule has 0 saturated carbocycles. The smallest absolute Gasteiger partial charge is 0.187 e. The molecule has 0 fully saturated rings. The summed E-state index contributed by atoms with van der Waals surface area (Å²) < 4.78 is 0.423. The maximum atomic E-state index is 7.31. The highest BCUT2D eigenvalue weighted by atomic mass is 35.5. The van der Waals surface area contributed by atoms with Crippen LogP contribution in [0.5, 0.6) is 0 Å². The van der Waals surface area contributed by atoms with Crippen molar-refractivity contribution in [2.24, 2.45) is 0 Å². The van der Waals surface area contributed by atoms with Crippen LogP contribution in [-0.2, 0) is 0 Å². The van der Waals surface area contributed by atoms with Gasteiger partial charge in [-0.1, -0.05) is 17.7 Å². The van der Waals surface area contributed by atoms with Crippen molar-refractivity contribution in [2.75, 3.05) is 14.1 Å². The van der Waals surface area contributed by atoms with Crippen LogP contribution >= 0.6 is 11.6 Å². The van der Waals surface area contributed by atoms with E-state index in [-0.39, 0.29) is 0 Å². The number of hydrogen-bond acceptors (Lipinski definition) is 1. The van der Waals surface area contributed by atoms with Gasteiger partial charge >= 0.3 is 0 Å². The molecule has 1 aromatic rings. The van der Waals surface area contributed by atoms with E-state index in [2.05, 4.69) is 0 Å². The number of nitrogens with one attached hydrogen (secondary N) is 1. The van der Waals surface area contributed by atoms with E-state index in [1.807, 2.05) is 39.2 Å². The van der Waals surface area contributed by atoms with Crippen molar-refractivity contribution in [1.82, 2.24) is 4.48 Å². The summed E-state index contributed by atoms with van der Waals surface area (Å²) in [5, 5.41) is 8.07. The molecule has 0 radical (unpaired) electrons. The number of quaternary nitrogens is 1. The number of benzene rings is 1. The Morgan fingerprint density at radius 2 is 2.00 bits per heavy atom. The van der Waals surface area contributed by atoms with E-state index in [1.54, 1.807) is 0 Å². The zero-order valence-corrected chi connectivity index (χ0v) is 8.89. The average Bonchev–Trinajstić information content (AvgIpc) is 2.09. The lowest BCUT2D eigenvalue weighted by molar-refractivity contribution is 0.604. The maximum absolute atomic E-state index is 7.31. The Labute approximate surface area is 83.8 Å². The molecule has 0 spiro atoms. The highest BCUT2D eigenvalue weighted by molar-refractivity contribution is 6.31. The summed E-state index contributed by atoms with van der Waals surface area (Å²) in [5.74, 6) is 0. The fourth-order valence-electron chi connectivity index (χ4n) is 1.29. The molecule has 1 rings (SSSR count). The Hall–Kier alpha value is -0.860. The molecule has 1 aromatic carbocycles. The SMILES string of the molecule is Cc1c(Cl)cccc1[N+](C)(C)C=N. The van der Waals surface area contributed by atoms with Gasteiger partial charge in [0.05, 0.1) is 14.1 Å². The predicted octanol–water partition coefficient (Wildman–Crippen LogP) is 2.82. The molecule has 70 valence electrons. The van der Waals surface area contributed by atoms with Crippen LogP contribution in [-0.4, -0.2) is 20.4 Å². The van der Waals surface area contributed by atoms with Gasteiger partial charge in [0.25, 0.3) is 0 Å². The molecule has 0 aliphatic carbocycles. The third kappa shape index (κ3) is 1.90. The summed E-state index contributed by atoms with van der Waals surface area (Å²) >= 11 is 5.99. The summed E-state index contributed by atoms with van der Waals surface area (Å²) in [4.78, 5) is 0. The molecule has 1 N–H and O–H groups in total. The molecular formula is C10H14ClN2+. The van der Waals surface area contributed by atoms with Crippen LogP contribution in [0.2, 0.25) is 5.02 Å². The molecule has 2 nitrogen and oxygen atoms in total. The van der Waals surface area contributed by atoms with Crippen LogP contribution in [0.25, 0.3) is 0 Å². The van der Waals surface area contributed by atoms with Gasteiger partial charge in [-0.3, -0.25) is 9.89 Å². The van der Waals surface area contributed by atoms with Gasteiger partial charge in [0.1, 0.15) is 5.69 Å². The van der Waals surface area contributed by atoms with Crippen LogP contribution < -0.4 is 4.48 Å². The normalized spacial score (nSPS) is 11.4. The van der Waals surface area contributed by atoms with Crippen LogP contribution in [0.1, 0.15) is 5.56 Å². The lowest BCUT2D eigenvalue weighted by atomic mass is 10.1. The van der Waals surface area contributed by atoms with Crippen molar-refractivity contribution >= 4 is 23.6 Å². The van der Waals surface area contributed by atoms with E-state index in [0.717, 1.165) is 16.3 Å². The quantitative estimate of drug-likeness (QED) is 0.428. The predicted molar refractivity (Wildman–Crippen MR) is 58.6 cm³/mol. The molecule has 0 unspecified atom stereocenters. The van der Waals surface area contributed by atoms with Crippen LogP contribution in [0.3, 0.4) is 0 Å². The largest absolute Gasteiger partial charge is 0.257 e. The second kappa shape index (κ2) is 3.48. The molecule has 3 heteroatoms. The molecule has 0 saturated heterocycles. The fourth-order valence-corrected chi connectivity index (χ4v) is 1.46. The summed E-state index contributed by atoms with van der Waals surface area (Å²) in [7, 11) is 3.90. The summed E-state index contributed by atoms with van der Waals surface area (Å²) in [6.45, 7) is 1.97. The van der Waals surface area contributed by atoms with Gasteiger partial charge in [-0.05, 0) is 19.1 Å². The monoisotopic (exact) mass is 197 g/mol. The third-order valence-electron chi connectivity index (χ3n) is 2.18. The minimum Gasteiger partial charge on any atom is -0.257 e. The highest BCUT2D eigenvalue weighted by Crippen LogP contribution is 2.27. The second-order valence-corrected chi connectivity index (χ2v) is 3.96. The average molecular weight is 198 g/mol. The van der Waals surface area contributed by atoms with Crippen LogP contribution in [0.15, 0.2) is 18.2 Å². The Morgan fingerprint density at radius 3 is 2.54 bits per heavy atom. The van der Waals surface area contributed by atoms with E-state index in [0.29, 0.717) is 4.48 Å². The van der Waals surface area contributed by atoms with Gasteiger partial charge in [0.2, 0.25) is 0 Å². The van der Waals surface area contributed by atoms with Crippen LogP contribution in [0, 0.1) is 12.3 Å². The van der Waals surface area contributed by atoms with E-state index in [9.17, 15) is 0 Å². The van der Waals surface area contributed by atoms with Gasteiger partial charge in [0, 0.05) is 10.6 Å². The maximum Gasteiger partial charge on any atom is 0.187 e. The lowest BCUT2D eigenvalue weighted by Crippen LogP contribution is -2.38. The van der Waals surface area contributed by atoms with E-state index >= 15 is 0 Å². The van der Waals surface area contributed by atoms with Crippen molar-refractivity contribution in [2.45, 2.75) is 6.92 Å². The second-order valence-electron chi connectivity index (χ2n) is 3.55. The highest BCUT2D eigenvalue weighted by Gasteiger charge is 2.19. The zero-order valence-electron chi connectivity index (χ0n) is 8.13. The standard InChI is InChI=1S/C10H14ClN2/c1-8-9(11)5-4-6-10(8)13(2,3)7-12/h4-7,12H,1-3H3/q+1. The van der Waals surface area contributed by atoms with Crippen molar-refractivity contribution in [3.8, 4) is 0 Å². The van der Waals surface area contributed by atoms with Gasteiger partial charge < -0.3 is 0 Å². The molecule has 0 amide bonds. The number of nitrogens with zero attached hydrogens (tertiary/aromatic N) is 1. The molecule has 0 atom stereocenters. The molecule has 0 aromatic heterocycles. The van der Waals surface area contributed by atoms with Crippen molar-refractivity contribution in [1.29, 1.82) is 5.41 Å². The van der Waals surface area contributed by atoms with Crippen LogP contribution in [0.4, 0.5) is 5.69 Å². The van der Waals surface area contributed by atoms with Gasteiger partial charge in [-0.2, -0.15) is 0 Å². The first-order valence-corrected chi connectivity index (χ1v) is 4.48. The van der Waals surface area contributed by atoms with Crippen molar-refractivity contribution < 1.29 is 0 Å². The Bertz CT molecular complexity index is 332. The Morgan fingerprint density at radius 1 is 1.38 bits per heavy atom. The topological polar surface area (TPSA) is 23.9 Å². The zero-order chi connectivity index (χ0) is 10.1. The molecule has 0 heterocycles. The molecule has 0 aliphatic rings. The Kier molecular flexibility index (Phi) is 2.74. The minimum atomic E-state index is 0.423. The first-order chi connectivity index (χ1) is 5.99. The van der Waals surface area contributed by atoms with Gasteiger partial charge in [-0.25, -0.2) is 0 Å². The molecule has 13 heavy (non-hydrogen) atoms. The molecule has 0 aliphatic heterocycles. The van der Waals surface area contributed by atoms with E-state index < -0.39 is 0 Å². The Balaban J connectivity index is 3.30. The van der Waals surface area contributed by atoms with Crippen molar-refractivity contribution in [3.05, 3.63) is 28.8 Å². The number of halogens is 1. The minimum absolute atomic E-state index is 0.423. The summed E-state index contributed by atoms with van der Waals surface area (Å²) in [6.07, 6.45) is 1.39. The first-order valence-electron chi connectivity index (χ1n) is 4.10. The van der Waals surface area contributed by atoms with E-state index in [1.165, 1.54) is 6.34 Å². The van der Waals surface area contributed by atoms with E-state index in [4.69, 9.17) is 17.0 Å².